The van der Waals surface area contributed by atoms with Crippen molar-refractivity contribution in [3.05, 3.63) is 77.4 Å². The summed E-state index contributed by atoms with van der Waals surface area (Å²) < 4.78 is 13.2. The molecule has 2 aromatic carbocycles. The number of benzene rings is 2. The molecule has 0 saturated carbocycles. The van der Waals surface area contributed by atoms with Crippen molar-refractivity contribution in [2.75, 3.05) is 13.1 Å². The van der Waals surface area contributed by atoms with E-state index >= 15 is 0 Å². The van der Waals surface area contributed by atoms with Crippen molar-refractivity contribution < 1.29 is 14.0 Å². The first kappa shape index (κ1) is 18.9. The minimum atomic E-state index is -0.336. The summed E-state index contributed by atoms with van der Waals surface area (Å²) in [5, 5.41) is 2.96. The molecule has 1 aliphatic heterocycles. The second-order valence-corrected chi connectivity index (χ2v) is 7.21. The van der Waals surface area contributed by atoms with Crippen molar-refractivity contribution in [1.82, 2.24) is 20.2 Å². The van der Waals surface area contributed by atoms with E-state index in [1.165, 1.54) is 17.0 Å². The molecule has 148 valence electrons. The largest absolute Gasteiger partial charge is 0.350 e. The SMILES string of the molecule is Cc1[nH]c(-c2ccc(F)cc2)nc1C(=O)N1CC(=O)N[C@@H](Cc2ccccc2)C1. The van der Waals surface area contributed by atoms with Crippen LogP contribution in [0, 0.1) is 12.7 Å². The van der Waals surface area contributed by atoms with Crippen LogP contribution >= 0.6 is 0 Å². The minimum absolute atomic E-state index is 0.00229. The van der Waals surface area contributed by atoms with Gasteiger partial charge in [0.05, 0.1) is 12.6 Å². The number of aryl methyl sites for hydroxylation is 1. The van der Waals surface area contributed by atoms with Gasteiger partial charge in [0.25, 0.3) is 5.91 Å². The Labute approximate surface area is 167 Å². The Morgan fingerprint density at radius 2 is 1.90 bits per heavy atom. The number of hydrogen-bond donors (Lipinski definition) is 2. The lowest BCUT2D eigenvalue weighted by Gasteiger charge is -2.33. The Morgan fingerprint density at radius 1 is 1.17 bits per heavy atom. The Bertz CT molecular complexity index is 1030. The highest BCUT2D eigenvalue weighted by Gasteiger charge is 2.30. The summed E-state index contributed by atoms with van der Waals surface area (Å²) >= 11 is 0. The number of imidazole rings is 1. The zero-order valence-electron chi connectivity index (χ0n) is 16.0. The van der Waals surface area contributed by atoms with Gasteiger partial charge in [-0.1, -0.05) is 30.3 Å². The molecule has 0 aliphatic carbocycles. The summed E-state index contributed by atoms with van der Waals surface area (Å²) in [5.41, 5.74) is 2.67. The molecule has 7 heteroatoms. The quantitative estimate of drug-likeness (QED) is 0.717. The summed E-state index contributed by atoms with van der Waals surface area (Å²) in [7, 11) is 0. The van der Waals surface area contributed by atoms with E-state index in [1.54, 1.807) is 19.1 Å². The smallest absolute Gasteiger partial charge is 0.274 e. The maximum absolute atomic E-state index is 13.2. The van der Waals surface area contributed by atoms with Crippen LogP contribution in [0.2, 0.25) is 0 Å². The van der Waals surface area contributed by atoms with Gasteiger partial charge in [-0.15, -0.1) is 0 Å². The molecule has 0 unspecified atom stereocenters. The van der Waals surface area contributed by atoms with Gasteiger partial charge >= 0.3 is 0 Å². The van der Waals surface area contributed by atoms with Crippen LogP contribution in [0.1, 0.15) is 21.7 Å². The van der Waals surface area contributed by atoms with Crippen LogP contribution in [0.5, 0.6) is 0 Å². The molecule has 3 aromatic rings. The number of amides is 2. The normalized spacial score (nSPS) is 16.6. The van der Waals surface area contributed by atoms with Crippen molar-refractivity contribution in [3.8, 4) is 11.4 Å². The number of rotatable bonds is 4. The number of aromatic amines is 1. The van der Waals surface area contributed by atoms with Crippen LogP contribution in [0.15, 0.2) is 54.6 Å². The maximum atomic E-state index is 13.2. The van der Waals surface area contributed by atoms with E-state index in [0.717, 1.165) is 5.56 Å². The zero-order valence-corrected chi connectivity index (χ0v) is 16.0. The van der Waals surface area contributed by atoms with Crippen molar-refractivity contribution in [3.63, 3.8) is 0 Å². The lowest BCUT2D eigenvalue weighted by Crippen LogP contribution is -2.56. The summed E-state index contributed by atoms with van der Waals surface area (Å²) in [6, 6.07) is 15.6. The first-order chi connectivity index (χ1) is 14.0. The van der Waals surface area contributed by atoms with E-state index in [2.05, 4.69) is 15.3 Å². The number of piperazine rings is 1. The number of nitrogens with one attached hydrogen (secondary N) is 2. The standard InChI is InChI=1S/C22H21FN4O2/c1-14-20(26-21(24-14)16-7-9-17(23)10-8-16)22(29)27-12-18(25-19(28)13-27)11-15-5-3-2-4-6-15/h2-10,18H,11-13H2,1H3,(H,24,26)(H,25,28)/t18-/m0/s1. The third-order valence-electron chi connectivity index (χ3n) is 4.96. The molecular weight excluding hydrogens is 371 g/mol. The molecule has 1 aliphatic rings. The molecule has 1 fully saturated rings. The summed E-state index contributed by atoms with van der Waals surface area (Å²) in [5.74, 6) is -0.317. The Balaban J connectivity index is 1.52. The molecule has 2 heterocycles. The number of halogens is 1. The fraction of sp³-hybridized carbons (Fsp3) is 0.227. The lowest BCUT2D eigenvalue weighted by molar-refractivity contribution is -0.124. The highest BCUT2D eigenvalue weighted by Crippen LogP contribution is 2.20. The molecule has 4 rings (SSSR count). The van der Waals surface area contributed by atoms with Gasteiger partial charge in [-0.05, 0) is 43.2 Å². The van der Waals surface area contributed by atoms with Crippen molar-refractivity contribution in [2.24, 2.45) is 0 Å². The Morgan fingerprint density at radius 3 is 2.62 bits per heavy atom. The monoisotopic (exact) mass is 392 g/mol. The third-order valence-corrected chi connectivity index (χ3v) is 4.96. The van der Waals surface area contributed by atoms with E-state index in [9.17, 15) is 14.0 Å². The fourth-order valence-corrected chi connectivity index (χ4v) is 3.55. The lowest BCUT2D eigenvalue weighted by atomic mass is 10.0. The first-order valence-electron chi connectivity index (χ1n) is 9.44. The Kier molecular flexibility index (Phi) is 5.12. The van der Waals surface area contributed by atoms with Crippen molar-refractivity contribution in [2.45, 2.75) is 19.4 Å². The molecule has 2 N–H and O–H groups in total. The molecule has 29 heavy (non-hydrogen) atoms. The summed E-state index contributed by atoms with van der Waals surface area (Å²) in [6.45, 7) is 2.18. The maximum Gasteiger partial charge on any atom is 0.274 e. The first-order valence-corrected chi connectivity index (χ1v) is 9.44. The molecule has 2 amide bonds. The average Bonchev–Trinajstić information content (AvgIpc) is 3.10. The van der Waals surface area contributed by atoms with Crippen LogP contribution in [-0.4, -0.2) is 45.8 Å². The van der Waals surface area contributed by atoms with Crippen LogP contribution in [0.25, 0.3) is 11.4 Å². The summed E-state index contributed by atoms with van der Waals surface area (Å²) in [6.07, 6.45) is 0.650. The van der Waals surface area contributed by atoms with E-state index in [0.29, 0.717) is 30.0 Å². The van der Waals surface area contributed by atoms with Gasteiger partial charge < -0.3 is 15.2 Å². The second kappa shape index (κ2) is 7.87. The van der Waals surface area contributed by atoms with Gasteiger partial charge in [0, 0.05) is 17.8 Å². The molecule has 1 saturated heterocycles. The number of aromatic nitrogens is 2. The highest BCUT2D eigenvalue weighted by molar-refractivity contribution is 5.97. The number of H-pyrrole nitrogens is 1. The van der Waals surface area contributed by atoms with E-state index in [4.69, 9.17) is 0 Å². The van der Waals surface area contributed by atoms with Gasteiger partial charge in [0.1, 0.15) is 17.3 Å². The molecule has 6 nitrogen and oxygen atoms in total. The van der Waals surface area contributed by atoms with Crippen LogP contribution < -0.4 is 5.32 Å². The van der Waals surface area contributed by atoms with Gasteiger partial charge in [-0.2, -0.15) is 0 Å². The third kappa shape index (κ3) is 4.18. The van der Waals surface area contributed by atoms with Crippen molar-refractivity contribution in [1.29, 1.82) is 0 Å². The Hall–Kier alpha value is -3.48. The average molecular weight is 392 g/mol. The predicted octanol–water partition coefficient (Wildman–Crippen LogP) is 2.71. The predicted molar refractivity (Wildman–Crippen MR) is 107 cm³/mol. The fourth-order valence-electron chi connectivity index (χ4n) is 3.55. The molecule has 1 aromatic heterocycles. The van der Waals surface area contributed by atoms with Gasteiger partial charge in [0.2, 0.25) is 5.91 Å². The van der Waals surface area contributed by atoms with Gasteiger partial charge in [0.15, 0.2) is 0 Å². The minimum Gasteiger partial charge on any atom is -0.350 e. The zero-order chi connectivity index (χ0) is 20.4. The highest BCUT2D eigenvalue weighted by atomic mass is 19.1. The van der Waals surface area contributed by atoms with E-state index in [1.807, 2.05) is 30.3 Å². The molecular formula is C22H21FN4O2. The number of carbonyl (C=O) groups excluding carboxylic acids is 2. The number of nitrogens with zero attached hydrogens (tertiary/aromatic N) is 2. The van der Waals surface area contributed by atoms with Crippen molar-refractivity contribution >= 4 is 11.8 Å². The molecule has 0 bridgehead atoms. The second-order valence-electron chi connectivity index (χ2n) is 7.21. The van der Waals surface area contributed by atoms with E-state index < -0.39 is 0 Å². The number of carbonyl (C=O) groups is 2. The molecule has 0 radical (unpaired) electrons. The van der Waals surface area contributed by atoms with Gasteiger partial charge in [-0.3, -0.25) is 9.59 Å². The topological polar surface area (TPSA) is 78.1 Å². The molecule has 0 spiro atoms. The van der Waals surface area contributed by atoms with E-state index in [-0.39, 0.29) is 35.9 Å². The summed E-state index contributed by atoms with van der Waals surface area (Å²) in [4.78, 5) is 34.3. The van der Waals surface area contributed by atoms with Crippen LogP contribution in [-0.2, 0) is 11.2 Å². The van der Waals surface area contributed by atoms with Crippen LogP contribution in [0.3, 0.4) is 0 Å². The number of hydrogen-bond acceptors (Lipinski definition) is 3. The van der Waals surface area contributed by atoms with Crippen LogP contribution in [0.4, 0.5) is 4.39 Å². The molecule has 1 atom stereocenters. The van der Waals surface area contributed by atoms with Gasteiger partial charge in [-0.25, -0.2) is 9.37 Å².